The fourth-order valence-corrected chi connectivity index (χ4v) is 3.68. The van der Waals surface area contributed by atoms with Crippen LogP contribution < -0.4 is 5.32 Å². The Labute approximate surface area is 140 Å². The summed E-state index contributed by atoms with van der Waals surface area (Å²) < 4.78 is 5.59. The quantitative estimate of drug-likeness (QED) is 0.755. The second-order valence-electron chi connectivity index (χ2n) is 5.26. The number of aromatic amines is 1. The van der Waals surface area contributed by atoms with Gasteiger partial charge in [-0.25, -0.2) is 4.98 Å². The Morgan fingerprint density at radius 2 is 2.39 bits per heavy atom. The van der Waals surface area contributed by atoms with Gasteiger partial charge in [-0.3, -0.25) is 9.89 Å². The summed E-state index contributed by atoms with van der Waals surface area (Å²) in [5.41, 5.74) is 1.07. The molecule has 1 aliphatic rings. The van der Waals surface area contributed by atoms with E-state index < -0.39 is 0 Å². The number of H-pyrrole nitrogens is 1. The first-order chi connectivity index (χ1) is 11.2. The van der Waals surface area contributed by atoms with Crippen LogP contribution in [0.3, 0.4) is 0 Å². The fourth-order valence-electron chi connectivity index (χ4n) is 2.59. The summed E-state index contributed by atoms with van der Waals surface area (Å²) in [5.74, 6) is 0.151. The van der Waals surface area contributed by atoms with E-state index in [0.717, 1.165) is 29.8 Å². The number of halogens is 1. The van der Waals surface area contributed by atoms with Crippen molar-refractivity contribution in [3.8, 4) is 0 Å². The zero-order valence-corrected chi connectivity index (χ0v) is 13.6. The van der Waals surface area contributed by atoms with Gasteiger partial charge in [0, 0.05) is 17.4 Å². The predicted molar refractivity (Wildman–Crippen MR) is 89.1 cm³/mol. The second-order valence-corrected chi connectivity index (χ2v) is 6.56. The van der Waals surface area contributed by atoms with Crippen molar-refractivity contribution < 1.29 is 9.53 Å². The molecule has 1 fully saturated rings. The molecule has 4 rings (SSSR count). The number of benzene rings is 1. The number of nitrogens with zero attached hydrogens (tertiary/aromatic N) is 2. The number of ether oxygens (including phenoxy) is 1. The van der Waals surface area contributed by atoms with Gasteiger partial charge in [0.25, 0.3) is 5.91 Å². The topological polar surface area (TPSA) is 79.9 Å². The first-order valence-corrected chi connectivity index (χ1v) is 8.49. The van der Waals surface area contributed by atoms with Gasteiger partial charge >= 0.3 is 0 Å². The molecule has 0 bridgehead atoms. The van der Waals surface area contributed by atoms with Crippen molar-refractivity contribution in [2.24, 2.45) is 0 Å². The number of hydrogen-bond acceptors (Lipinski definition) is 5. The van der Waals surface area contributed by atoms with Crippen LogP contribution in [0.2, 0.25) is 5.02 Å². The molecule has 8 heteroatoms. The highest BCUT2D eigenvalue weighted by Gasteiger charge is 2.23. The third-order valence-electron chi connectivity index (χ3n) is 3.74. The molecule has 0 saturated carbocycles. The molecule has 0 radical (unpaired) electrons. The molecule has 0 spiro atoms. The van der Waals surface area contributed by atoms with E-state index in [0.29, 0.717) is 22.1 Å². The van der Waals surface area contributed by atoms with E-state index in [1.165, 1.54) is 11.3 Å². The van der Waals surface area contributed by atoms with Gasteiger partial charge in [-0.2, -0.15) is 5.10 Å². The Morgan fingerprint density at radius 1 is 1.48 bits per heavy atom. The maximum atomic E-state index is 12.4. The monoisotopic (exact) mass is 348 g/mol. The average molecular weight is 349 g/mol. The Morgan fingerprint density at radius 3 is 3.22 bits per heavy atom. The molecule has 6 nitrogen and oxygen atoms in total. The van der Waals surface area contributed by atoms with Gasteiger partial charge in [0.05, 0.1) is 10.5 Å². The Kier molecular flexibility index (Phi) is 3.76. The number of anilines is 1. The van der Waals surface area contributed by atoms with E-state index in [1.54, 1.807) is 11.4 Å². The molecular weight excluding hydrogens is 336 g/mol. The molecular formula is C15H13ClN4O2S. The van der Waals surface area contributed by atoms with Gasteiger partial charge in [-0.1, -0.05) is 17.7 Å². The molecule has 1 saturated heterocycles. The summed E-state index contributed by atoms with van der Waals surface area (Å²) in [6.45, 7) is 0.756. The predicted octanol–water partition coefficient (Wildman–Crippen LogP) is 3.78. The summed E-state index contributed by atoms with van der Waals surface area (Å²) in [6, 6.07) is 5.43. The lowest BCUT2D eigenvalue weighted by Crippen LogP contribution is -2.13. The number of carbonyl (C=O) groups is 1. The van der Waals surface area contributed by atoms with Crippen LogP contribution in [-0.2, 0) is 4.74 Å². The number of para-hydroxylation sites is 1. The summed E-state index contributed by atoms with van der Waals surface area (Å²) in [7, 11) is 0. The van der Waals surface area contributed by atoms with Crippen LogP contribution >= 0.6 is 22.9 Å². The Balaban J connectivity index is 1.56. The molecule has 1 amide bonds. The van der Waals surface area contributed by atoms with Crippen molar-refractivity contribution in [3.63, 3.8) is 0 Å². The van der Waals surface area contributed by atoms with Crippen LogP contribution in [0.15, 0.2) is 23.6 Å². The fraction of sp³-hybridized carbons (Fsp3) is 0.267. The van der Waals surface area contributed by atoms with E-state index >= 15 is 0 Å². The number of carbonyl (C=O) groups excluding carboxylic acids is 1. The summed E-state index contributed by atoms with van der Waals surface area (Å²) in [4.78, 5) is 16.8. The van der Waals surface area contributed by atoms with Crippen molar-refractivity contribution in [1.29, 1.82) is 0 Å². The maximum Gasteiger partial charge on any atom is 0.276 e. The number of amides is 1. The van der Waals surface area contributed by atoms with E-state index in [2.05, 4.69) is 20.5 Å². The highest BCUT2D eigenvalue weighted by Crippen LogP contribution is 2.31. The van der Waals surface area contributed by atoms with Crippen molar-refractivity contribution in [1.82, 2.24) is 15.2 Å². The molecule has 1 unspecified atom stereocenters. The number of nitrogens with one attached hydrogen (secondary N) is 2. The zero-order chi connectivity index (χ0) is 15.8. The SMILES string of the molecule is O=C(Nc1n[nH]c2c(Cl)cccc12)c1csc(C2CCCO2)n1. The zero-order valence-electron chi connectivity index (χ0n) is 12.0. The molecule has 3 heterocycles. The normalized spacial score (nSPS) is 17.7. The lowest BCUT2D eigenvalue weighted by atomic mass is 10.2. The van der Waals surface area contributed by atoms with Crippen molar-refractivity contribution in [2.45, 2.75) is 18.9 Å². The second kappa shape index (κ2) is 5.92. The van der Waals surface area contributed by atoms with Gasteiger partial charge in [0.2, 0.25) is 0 Å². The number of rotatable bonds is 3. The minimum atomic E-state index is -0.293. The van der Waals surface area contributed by atoms with Gasteiger partial charge in [-0.05, 0) is 25.0 Å². The minimum Gasteiger partial charge on any atom is -0.371 e. The number of aromatic nitrogens is 3. The third-order valence-corrected chi connectivity index (χ3v) is 4.99. The highest BCUT2D eigenvalue weighted by molar-refractivity contribution is 7.09. The van der Waals surface area contributed by atoms with Crippen LogP contribution in [-0.4, -0.2) is 27.7 Å². The first kappa shape index (κ1) is 14.6. The van der Waals surface area contributed by atoms with E-state index in [9.17, 15) is 4.79 Å². The molecule has 1 aliphatic heterocycles. The molecule has 2 aromatic heterocycles. The van der Waals surface area contributed by atoms with E-state index in [1.807, 2.05) is 12.1 Å². The minimum absolute atomic E-state index is 0.0200. The average Bonchev–Trinajstić information content (AvgIpc) is 3.28. The van der Waals surface area contributed by atoms with Gasteiger partial charge in [0.1, 0.15) is 16.8 Å². The molecule has 118 valence electrons. The summed E-state index contributed by atoms with van der Waals surface area (Å²) in [6.07, 6.45) is 2.01. The number of thiazole rings is 1. The lowest BCUT2D eigenvalue weighted by molar-refractivity contribution is 0.101. The van der Waals surface area contributed by atoms with E-state index in [-0.39, 0.29) is 12.0 Å². The number of fused-ring (bicyclic) bond motifs is 1. The van der Waals surface area contributed by atoms with Gasteiger partial charge < -0.3 is 10.1 Å². The summed E-state index contributed by atoms with van der Waals surface area (Å²) in [5, 5.41) is 13.6. The smallest absolute Gasteiger partial charge is 0.276 e. The van der Waals surface area contributed by atoms with Gasteiger partial charge in [-0.15, -0.1) is 11.3 Å². The molecule has 1 atom stereocenters. The van der Waals surface area contributed by atoms with Crippen molar-refractivity contribution >= 4 is 45.6 Å². The largest absolute Gasteiger partial charge is 0.371 e. The van der Waals surface area contributed by atoms with Crippen LogP contribution in [0, 0.1) is 0 Å². The molecule has 23 heavy (non-hydrogen) atoms. The number of hydrogen-bond donors (Lipinski definition) is 2. The third kappa shape index (κ3) is 2.71. The lowest BCUT2D eigenvalue weighted by Gasteiger charge is -2.03. The van der Waals surface area contributed by atoms with Crippen molar-refractivity contribution in [3.05, 3.63) is 39.3 Å². The van der Waals surface area contributed by atoms with Crippen LogP contribution in [0.5, 0.6) is 0 Å². The molecule has 0 aliphatic carbocycles. The molecule has 2 N–H and O–H groups in total. The van der Waals surface area contributed by atoms with Gasteiger partial charge in [0.15, 0.2) is 5.82 Å². The summed E-state index contributed by atoms with van der Waals surface area (Å²) >= 11 is 7.54. The van der Waals surface area contributed by atoms with E-state index in [4.69, 9.17) is 16.3 Å². The molecule has 1 aromatic carbocycles. The Hall–Kier alpha value is -1.96. The Bertz CT molecular complexity index is 869. The maximum absolute atomic E-state index is 12.4. The van der Waals surface area contributed by atoms with Crippen molar-refractivity contribution in [2.75, 3.05) is 11.9 Å². The molecule has 3 aromatic rings. The standard InChI is InChI=1S/C15H13ClN4O2S/c16-9-4-1-3-8-12(9)19-20-13(8)18-14(21)10-7-23-15(17-10)11-5-2-6-22-11/h1,3-4,7,11H,2,5-6H2,(H2,18,19,20,21). The highest BCUT2D eigenvalue weighted by atomic mass is 35.5. The van der Waals surface area contributed by atoms with Crippen LogP contribution in [0.25, 0.3) is 10.9 Å². The first-order valence-electron chi connectivity index (χ1n) is 7.23. The van der Waals surface area contributed by atoms with Crippen LogP contribution in [0.4, 0.5) is 5.82 Å². The van der Waals surface area contributed by atoms with Crippen LogP contribution in [0.1, 0.15) is 34.4 Å².